The summed E-state index contributed by atoms with van der Waals surface area (Å²) in [4.78, 5) is 37.3. The van der Waals surface area contributed by atoms with Crippen LogP contribution in [0.2, 0.25) is 0 Å². The molecule has 3 atom stereocenters. The highest BCUT2D eigenvalue weighted by atomic mass is 32.2. The Morgan fingerprint density at radius 3 is 2.09 bits per heavy atom. The smallest absolute Gasteiger partial charge is 0.307 e. The molecule has 8 heteroatoms. The van der Waals surface area contributed by atoms with E-state index in [1.165, 1.54) is 11.8 Å². The molecule has 0 aliphatic heterocycles. The molecule has 0 aromatic heterocycles. The third-order valence-electron chi connectivity index (χ3n) is 5.25. The summed E-state index contributed by atoms with van der Waals surface area (Å²) < 4.78 is 5.11. The molecule has 0 fully saturated rings. The fourth-order valence-electron chi connectivity index (χ4n) is 3.40. The van der Waals surface area contributed by atoms with Gasteiger partial charge in [0.05, 0.1) is 24.2 Å². The van der Waals surface area contributed by atoms with Gasteiger partial charge in [-0.05, 0) is 68.3 Å². The van der Waals surface area contributed by atoms with E-state index in [2.05, 4.69) is 10.6 Å². The van der Waals surface area contributed by atoms with Crippen molar-refractivity contribution in [3.05, 3.63) is 60.7 Å². The maximum atomic E-state index is 12.6. The van der Waals surface area contributed by atoms with Crippen molar-refractivity contribution >= 4 is 40.9 Å². The molecular formula is C24H26N2O5S. The molecule has 1 aliphatic carbocycles. The molecule has 2 aromatic rings. The predicted octanol–water partition coefficient (Wildman–Crippen LogP) is 4.42. The van der Waals surface area contributed by atoms with Crippen molar-refractivity contribution in [1.82, 2.24) is 0 Å². The molecule has 0 saturated carbocycles. The van der Waals surface area contributed by atoms with E-state index < -0.39 is 17.8 Å². The summed E-state index contributed by atoms with van der Waals surface area (Å²) in [5.41, 5.74) is 1.28. The number of ether oxygens (including phenoxy) is 1. The second-order valence-corrected chi connectivity index (χ2v) is 8.90. The van der Waals surface area contributed by atoms with Gasteiger partial charge >= 0.3 is 5.97 Å². The van der Waals surface area contributed by atoms with E-state index in [1.54, 1.807) is 49.6 Å². The van der Waals surface area contributed by atoms with Crippen molar-refractivity contribution in [1.29, 1.82) is 0 Å². The Hall–Kier alpha value is -3.26. The monoisotopic (exact) mass is 454 g/mol. The molecule has 3 rings (SSSR count). The van der Waals surface area contributed by atoms with Gasteiger partial charge in [-0.1, -0.05) is 12.2 Å². The number of rotatable bonds is 8. The average Bonchev–Trinajstić information content (AvgIpc) is 2.80. The number of carboxylic acids is 1. The van der Waals surface area contributed by atoms with Gasteiger partial charge in [0.2, 0.25) is 11.8 Å². The molecule has 3 unspecified atom stereocenters. The lowest BCUT2D eigenvalue weighted by molar-refractivity contribution is -0.146. The van der Waals surface area contributed by atoms with Crippen LogP contribution in [0.4, 0.5) is 11.4 Å². The number of anilines is 2. The van der Waals surface area contributed by atoms with Gasteiger partial charge in [0, 0.05) is 16.3 Å². The molecule has 1 aliphatic rings. The van der Waals surface area contributed by atoms with Crippen molar-refractivity contribution in [2.45, 2.75) is 29.9 Å². The highest BCUT2D eigenvalue weighted by molar-refractivity contribution is 8.00. The highest BCUT2D eigenvalue weighted by Gasteiger charge is 2.33. The standard InChI is InChI=1S/C24H26N2O5S/c1-15(22(27)25-16-7-11-18(31-2)12-8-16)32-19-13-9-17(10-14-19)26-23(28)20-5-3-4-6-21(20)24(29)30/h3-4,7-15,20-21H,5-6H2,1-2H3,(H,25,27)(H,26,28)(H,29,30). The maximum absolute atomic E-state index is 12.6. The summed E-state index contributed by atoms with van der Waals surface area (Å²) in [6.45, 7) is 1.82. The number of amides is 2. The predicted molar refractivity (Wildman–Crippen MR) is 125 cm³/mol. The Balaban J connectivity index is 1.54. The first-order valence-electron chi connectivity index (χ1n) is 10.3. The van der Waals surface area contributed by atoms with Gasteiger partial charge in [0.15, 0.2) is 0 Å². The van der Waals surface area contributed by atoms with Crippen LogP contribution in [0.25, 0.3) is 0 Å². The summed E-state index contributed by atoms with van der Waals surface area (Å²) in [5, 5.41) is 14.7. The van der Waals surface area contributed by atoms with Crippen LogP contribution < -0.4 is 15.4 Å². The minimum atomic E-state index is -0.955. The number of carbonyl (C=O) groups excluding carboxylic acids is 2. The van der Waals surface area contributed by atoms with Crippen LogP contribution in [0, 0.1) is 11.8 Å². The van der Waals surface area contributed by atoms with E-state index in [0.29, 0.717) is 24.2 Å². The lowest BCUT2D eigenvalue weighted by atomic mass is 9.82. The topological polar surface area (TPSA) is 105 Å². The van der Waals surface area contributed by atoms with Crippen LogP contribution in [0.3, 0.4) is 0 Å². The zero-order valence-electron chi connectivity index (χ0n) is 17.9. The number of hydrogen-bond donors (Lipinski definition) is 3. The van der Waals surface area contributed by atoms with E-state index in [9.17, 15) is 19.5 Å². The molecule has 0 spiro atoms. The van der Waals surface area contributed by atoms with Crippen molar-refractivity contribution < 1.29 is 24.2 Å². The van der Waals surface area contributed by atoms with Gasteiger partial charge in [-0.3, -0.25) is 14.4 Å². The van der Waals surface area contributed by atoms with E-state index in [0.717, 1.165) is 10.6 Å². The zero-order valence-corrected chi connectivity index (χ0v) is 18.7. The molecule has 2 aromatic carbocycles. The number of benzene rings is 2. The highest BCUT2D eigenvalue weighted by Crippen LogP contribution is 2.29. The molecule has 2 amide bonds. The summed E-state index contributed by atoms with van der Waals surface area (Å²) in [6, 6.07) is 14.3. The fourth-order valence-corrected chi connectivity index (χ4v) is 4.27. The zero-order chi connectivity index (χ0) is 23.1. The molecule has 7 nitrogen and oxygen atoms in total. The Bertz CT molecular complexity index is 988. The number of hydrogen-bond acceptors (Lipinski definition) is 5. The first-order chi connectivity index (χ1) is 15.4. The number of methoxy groups -OCH3 is 1. The van der Waals surface area contributed by atoms with Crippen molar-refractivity contribution in [2.24, 2.45) is 11.8 Å². The maximum Gasteiger partial charge on any atom is 0.307 e. The van der Waals surface area contributed by atoms with Crippen LogP contribution in [0.15, 0.2) is 65.6 Å². The molecule has 0 radical (unpaired) electrons. The summed E-state index contributed by atoms with van der Waals surface area (Å²) in [7, 11) is 1.59. The number of aliphatic carboxylic acids is 1. The Morgan fingerprint density at radius 2 is 1.50 bits per heavy atom. The second kappa shape index (κ2) is 10.9. The van der Waals surface area contributed by atoms with E-state index in [-0.39, 0.29) is 17.1 Å². The first-order valence-corrected chi connectivity index (χ1v) is 11.2. The minimum absolute atomic E-state index is 0.123. The third kappa shape index (κ3) is 6.13. The van der Waals surface area contributed by atoms with Crippen molar-refractivity contribution in [3.63, 3.8) is 0 Å². The third-order valence-corrected chi connectivity index (χ3v) is 6.36. The summed E-state index contributed by atoms with van der Waals surface area (Å²) in [6.07, 6.45) is 4.43. The van der Waals surface area contributed by atoms with Crippen LogP contribution in [0.5, 0.6) is 5.75 Å². The minimum Gasteiger partial charge on any atom is -0.497 e. The van der Waals surface area contributed by atoms with Crippen LogP contribution in [0.1, 0.15) is 19.8 Å². The van der Waals surface area contributed by atoms with Gasteiger partial charge in [0.1, 0.15) is 5.75 Å². The van der Waals surface area contributed by atoms with Gasteiger partial charge < -0.3 is 20.5 Å². The number of carboxylic acid groups (broad SMARTS) is 1. The number of thioether (sulfide) groups is 1. The van der Waals surface area contributed by atoms with Crippen LogP contribution in [-0.2, 0) is 14.4 Å². The Morgan fingerprint density at radius 1 is 0.938 bits per heavy atom. The summed E-state index contributed by atoms with van der Waals surface area (Å²) >= 11 is 1.40. The second-order valence-electron chi connectivity index (χ2n) is 7.49. The summed E-state index contributed by atoms with van der Waals surface area (Å²) in [5.74, 6) is -1.95. The van der Waals surface area contributed by atoms with E-state index >= 15 is 0 Å². The molecule has 32 heavy (non-hydrogen) atoms. The van der Waals surface area contributed by atoms with Gasteiger partial charge in [0.25, 0.3) is 0 Å². The lowest BCUT2D eigenvalue weighted by Gasteiger charge is -2.24. The quantitative estimate of drug-likeness (QED) is 0.403. The average molecular weight is 455 g/mol. The number of nitrogens with one attached hydrogen (secondary N) is 2. The molecule has 0 saturated heterocycles. The Labute approximate surface area is 191 Å². The lowest BCUT2D eigenvalue weighted by Crippen LogP contribution is -2.34. The van der Waals surface area contributed by atoms with Crippen LogP contribution in [-0.4, -0.2) is 35.2 Å². The van der Waals surface area contributed by atoms with Gasteiger partial charge in [-0.25, -0.2) is 0 Å². The van der Waals surface area contributed by atoms with Crippen LogP contribution >= 0.6 is 11.8 Å². The number of carbonyl (C=O) groups is 3. The largest absolute Gasteiger partial charge is 0.497 e. The normalized spacial score (nSPS) is 18.4. The molecule has 168 valence electrons. The molecule has 3 N–H and O–H groups in total. The van der Waals surface area contributed by atoms with Gasteiger partial charge in [-0.15, -0.1) is 11.8 Å². The molecule has 0 bridgehead atoms. The van der Waals surface area contributed by atoms with E-state index in [4.69, 9.17) is 4.74 Å². The van der Waals surface area contributed by atoms with E-state index in [1.807, 2.05) is 25.1 Å². The Kier molecular flexibility index (Phi) is 7.94. The first kappa shape index (κ1) is 23.4. The molecular weight excluding hydrogens is 428 g/mol. The number of allylic oxidation sites excluding steroid dienone is 2. The van der Waals surface area contributed by atoms with Gasteiger partial charge in [-0.2, -0.15) is 0 Å². The van der Waals surface area contributed by atoms with Crippen molar-refractivity contribution in [3.8, 4) is 5.75 Å². The van der Waals surface area contributed by atoms with Crippen molar-refractivity contribution in [2.75, 3.05) is 17.7 Å². The molecule has 0 heterocycles. The SMILES string of the molecule is COc1ccc(NC(=O)C(C)Sc2ccc(NC(=O)C3CC=CCC3C(=O)O)cc2)cc1. The fraction of sp³-hybridized carbons (Fsp3) is 0.292.